The predicted octanol–water partition coefficient (Wildman–Crippen LogP) is 7.01. The highest BCUT2D eigenvalue weighted by atomic mass is 32.1. The zero-order chi connectivity index (χ0) is 26.0. The molecule has 0 spiro atoms. The zero-order valence-corrected chi connectivity index (χ0v) is 22.3. The van der Waals surface area contributed by atoms with Crippen LogP contribution in [0, 0.1) is 27.3 Å². The van der Waals surface area contributed by atoms with Crippen molar-refractivity contribution in [3.8, 4) is 16.9 Å². The van der Waals surface area contributed by atoms with Crippen LogP contribution >= 0.6 is 12.2 Å². The molecular formula is C30H31N3O2S. The van der Waals surface area contributed by atoms with Gasteiger partial charge in [0.05, 0.1) is 18.9 Å². The molecule has 184 valence electrons. The fourth-order valence-electron chi connectivity index (χ4n) is 4.61. The molecule has 1 heterocycles. The molecule has 0 unspecified atom stereocenters. The van der Waals surface area contributed by atoms with E-state index < -0.39 is 5.54 Å². The summed E-state index contributed by atoms with van der Waals surface area (Å²) in [4.78, 5) is 20.6. The number of aryl methyl sites for hydroxylation is 1. The molecule has 1 aliphatic heterocycles. The number of rotatable bonds is 7. The fraction of sp³-hybridized carbons (Fsp3) is 0.300. The Hall–Kier alpha value is -3.69. The number of anilines is 1. The van der Waals surface area contributed by atoms with Gasteiger partial charge in [-0.1, -0.05) is 42.5 Å². The molecule has 0 atom stereocenters. The number of nitrogens with zero attached hydrogens (tertiary/aromatic N) is 3. The van der Waals surface area contributed by atoms with Gasteiger partial charge in [0, 0.05) is 6.54 Å². The first-order chi connectivity index (χ1) is 17.2. The second kappa shape index (κ2) is 10.1. The van der Waals surface area contributed by atoms with E-state index in [1.807, 2.05) is 62.9 Å². The van der Waals surface area contributed by atoms with E-state index in [2.05, 4.69) is 36.0 Å². The number of carbonyl (C=O) groups is 1. The molecule has 0 N–H and O–H groups in total. The quantitative estimate of drug-likeness (QED) is 0.200. The van der Waals surface area contributed by atoms with Gasteiger partial charge < -0.3 is 9.64 Å². The van der Waals surface area contributed by atoms with Crippen LogP contribution in [0.3, 0.4) is 0 Å². The average molecular weight is 498 g/mol. The minimum absolute atomic E-state index is 0.0566. The standard InChI is InChI=1S/C30H31N3O2S/c1-20-19-24(23-11-8-7-9-12-23)13-16-27(20)35-18-10-17-32-29(36)33(28(34)30(32,4)5)26-15-14-25(31-6)21(2)22(26)3/h7-9,11-16,19H,10,17-18H2,1-5H3. The van der Waals surface area contributed by atoms with Gasteiger partial charge in [-0.15, -0.1) is 0 Å². The molecule has 3 aromatic carbocycles. The van der Waals surface area contributed by atoms with Crippen LogP contribution in [0.4, 0.5) is 11.4 Å². The highest BCUT2D eigenvalue weighted by molar-refractivity contribution is 7.80. The van der Waals surface area contributed by atoms with Crippen LogP contribution in [-0.2, 0) is 4.79 Å². The first-order valence-electron chi connectivity index (χ1n) is 12.1. The lowest BCUT2D eigenvalue weighted by atomic mass is 10.0. The Labute approximate surface area is 219 Å². The molecule has 0 saturated carbocycles. The SMILES string of the molecule is [C-]#[N+]c1ccc(N2C(=O)C(C)(C)N(CCCOc3ccc(-c4ccccc4)cc3C)C2=S)c(C)c1C. The Kier molecular flexibility index (Phi) is 7.14. The Morgan fingerprint density at radius 3 is 2.36 bits per heavy atom. The van der Waals surface area contributed by atoms with Gasteiger partial charge in [0.25, 0.3) is 5.91 Å². The monoisotopic (exact) mass is 497 g/mol. The normalized spacial score (nSPS) is 14.8. The zero-order valence-electron chi connectivity index (χ0n) is 21.5. The third-order valence-electron chi connectivity index (χ3n) is 6.98. The molecule has 1 saturated heterocycles. The highest BCUT2D eigenvalue weighted by Crippen LogP contribution is 2.37. The molecule has 36 heavy (non-hydrogen) atoms. The van der Waals surface area contributed by atoms with E-state index in [4.69, 9.17) is 23.5 Å². The van der Waals surface area contributed by atoms with Crippen molar-refractivity contribution in [3.05, 3.63) is 88.8 Å². The maximum absolute atomic E-state index is 13.4. The van der Waals surface area contributed by atoms with Crippen molar-refractivity contribution in [1.29, 1.82) is 0 Å². The van der Waals surface area contributed by atoms with Gasteiger partial charge in [-0.2, -0.15) is 0 Å². The maximum Gasteiger partial charge on any atom is 0.258 e. The molecule has 0 radical (unpaired) electrons. The minimum Gasteiger partial charge on any atom is -0.493 e. The summed E-state index contributed by atoms with van der Waals surface area (Å²) in [6.45, 7) is 18.2. The van der Waals surface area contributed by atoms with Crippen molar-refractivity contribution in [3.63, 3.8) is 0 Å². The van der Waals surface area contributed by atoms with E-state index in [0.717, 1.165) is 40.1 Å². The van der Waals surface area contributed by atoms with Gasteiger partial charge in [0.2, 0.25) is 0 Å². The maximum atomic E-state index is 13.4. The number of amides is 1. The third-order valence-corrected chi connectivity index (χ3v) is 7.38. The van der Waals surface area contributed by atoms with E-state index in [1.54, 1.807) is 11.0 Å². The number of hydrogen-bond donors (Lipinski definition) is 0. The number of hydrogen-bond acceptors (Lipinski definition) is 3. The topological polar surface area (TPSA) is 37.1 Å². The highest BCUT2D eigenvalue weighted by Gasteiger charge is 2.49. The van der Waals surface area contributed by atoms with Crippen LogP contribution in [0.25, 0.3) is 16.0 Å². The fourth-order valence-corrected chi connectivity index (χ4v) is 5.11. The summed E-state index contributed by atoms with van der Waals surface area (Å²) in [5.74, 6) is 0.806. The summed E-state index contributed by atoms with van der Waals surface area (Å²) in [7, 11) is 0. The van der Waals surface area contributed by atoms with Crippen molar-refractivity contribution in [2.45, 2.75) is 46.6 Å². The molecule has 4 rings (SSSR count). The van der Waals surface area contributed by atoms with Gasteiger partial charge in [-0.05, 0) is 99.3 Å². The minimum atomic E-state index is -0.761. The van der Waals surface area contributed by atoms with Gasteiger partial charge in [-0.25, -0.2) is 4.85 Å². The number of carbonyl (C=O) groups excluding carboxylic acids is 1. The molecule has 3 aromatic rings. The third kappa shape index (κ3) is 4.59. The summed E-state index contributed by atoms with van der Waals surface area (Å²) in [5.41, 5.74) is 5.78. The molecule has 1 fully saturated rings. The number of thiocarbonyl (C=S) groups is 1. The van der Waals surface area contributed by atoms with Crippen molar-refractivity contribution < 1.29 is 9.53 Å². The molecule has 0 aromatic heterocycles. The second-order valence-electron chi connectivity index (χ2n) is 9.65. The molecule has 0 aliphatic carbocycles. The smallest absolute Gasteiger partial charge is 0.258 e. The van der Waals surface area contributed by atoms with Gasteiger partial charge in [0.15, 0.2) is 10.8 Å². The van der Waals surface area contributed by atoms with E-state index in [9.17, 15) is 4.79 Å². The van der Waals surface area contributed by atoms with E-state index >= 15 is 0 Å². The Bertz CT molecular complexity index is 1360. The van der Waals surface area contributed by atoms with Crippen molar-refractivity contribution in [2.75, 3.05) is 18.1 Å². The van der Waals surface area contributed by atoms with Gasteiger partial charge in [-0.3, -0.25) is 9.69 Å². The lowest BCUT2D eigenvalue weighted by molar-refractivity contribution is -0.123. The lowest BCUT2D eigenvalue weighted by Gasteiger charge is -2.29. The molecule has 6 heteroatoms. The molecule has 1 amide bonds. The Morgan fingerprint density at radius 1 is 0.972 bits per heavy atom. The predicted molar refractivity (Wildman–Crippen MR) is 150 cm³/mol. The summed E-state index contributed by atoms with van der Waals surface area (Å²) in [6, 6.07) is 20.1. The van der Waals surface area contributed by atoms with Crippen LogP contribution < -0.4 is 9.64 Å². The van der Waals surface area contributed by atoms with Crippen molar-refractivity contribution >= 4 is 34.6 Å². The van der Waals surface area contributed by atoms with E-state index in [1.165, 1.54) is 5.56 Å². The van der Waals surface area contributed by atoms with Crippen LogP contribution in [0.15, 0.2) is 60.7 Å². The van der Waals surface area contributed by atoms with Crippen LogP contribution in [-0.4, -0.2) is 34.6 Å². The average Bonchev–Trinajstić information content (AvgIpc) is 3.03. The molecule has 0 bridgehead atoms. The van der Waals surface area contributed by atoms with Crippen molar-refractivity contribution in [1.82, 2.24) is 4.90 Å². The Balaban J connectivity index is 1.42. The first-order valence-corrected chi connectivity index (χ1v) is 12.5. The van der Waals surface area contributed by atoms with Crippen LogP contribution in [0.5, 0.6) is 5.75 Å². The second-order valence-corrected chi connectivity index (χ2v) is 10.0. The first kappa shape index (κ1) is 25.4. The van der Waals surface area contributed by atoms with Gasteiger partial charge >= 0.3 is 0 Å². The van der Waals surface area contributed by atoms with Crippen LogP contribution in [0.2, 0.25) is 0 Å². The summed E-state index contributed by atoms with van der Waals surface area (Å²) < 4.78 is 6.09. The summed E-state index contributed by atoms with van der Waals surface area (Å²) in [6.07, 6.45) is 0.721. The van der Waals surface area contributed by atoms with E-state index in [-0.39, 0.29) is 5.91 Å². The molecular weight excluding hydrogens is 466 g/mol. The summed E-state index contributed by atoms with van der Waals surface area (Å²) >= 11 is 5.79. The largest absolute Gasteiger partial charge is 0.493 e. The molecule has 5 nitrogen and oxygen atoms in total. The summed E-state index contributed by atoms with van der Waals surface area (Å²) in [5, 5.41) is 0.492. The molecule has 1 aliphatic rings. The Morgan fingerprint density at radius 2 is 1.69 bits per heavy atom. The lowest BCUT2D eigenvalue weighted by Crippen LogP contribution is -2.44. The van der Waals surface area contributed by atoms with Crippen molar-refractivity contribution in [2.24, 2.45) is 0 Å². The number of benzene rings is 3. The number of ether oxygens (including phenoxy) is 1. The van der Waals surface area contributed by atoms with E-state index in [0.29, 0.717) is 24.0 Å². The van der Waals surface area contributed by atoms with Gasteiger partial charge in [0.1, 0.15) is 11.3 Å². The van der Waals surface area contributed by atoms with Crippen LogP contribution in [0.1, 0.15) is 37.0 Å².